The van der Waals surface area contributed by atoms with Crippen LogP contribution in [0.1, 0.15) is 28.3 Å². The molecule has 1 aliphatic heterocycles. The minimum atomic E-state index is -2.27. The molecule has 0 spiro atoms. The number of nitrogens with zero attached hydrogens (tertiary/aromatic N) is 3. The molecule has 34 heavy (non-hydrogen) atoms. The molecule has 2 heterocycles. The lowest BCUT2D eigenvalue weighted by atomic mass is 9.71. The Morgan fingerprint density at radius 2 is 1.85 bits per heavy atom. The van der Waals surface area contributed by atoms with Crippen molar-refractivity contribution in [3.8, 4) is 11.8 Å². The molecule has 0 saturated heterocycles. The summed E-state index contributed by atoms with van der Waals surface area (Å²) < 4.78 is 6.49. The Hall–Kier alpha value is -3.73. The molecule has 8 heteroatoms. The van der Waals surface area contributed by atoms with Crippen LogP contribution in [0.25, 0.3) is 0 Å². The van der Waals surface area contributed by atoms with Crippen molar-refractivity contribution in [2.24, 2.45) is 5.92 Å². The van der Waals surface area contributed by atoms with Crippen LogP contribution in [-0.2, 0) is 20.8 Å². The van der Waals surface area contributed by atoms with E-state index in [0.717, 1.165) is 0 Å². The summed E-state index contributed by atoms with van der Waals surface area (Å²) in [6, 6.07) is 19.1. The topological polar surface area (TPSA) is 104 Å². The molecule has 2 aromatic carbocycles. The minimum Gasteiger partial charge on any atom is -0.476 e. The molecule has 5 rings (SSSR count). The zero-order valence-corrected chi connectivity index (χ0v) is 19.2. The van der Waals surface area contributed by atoms with Gasteiger partial charge in [0, 0.05) is 26.4 Å². The average Bonchev–Trinajstić information content (AvgIpc) is 3.21. The molecular weight excluding hydrogens is 454 g/mol. The quantitative estimate of drug-likeness (QED) is 0.586. The molecular formula is C26H20ClN3O4. The number of benzene rings is 2. The zero-order chi connectivity index (χ0) is 24.3. The van der Waals surface area contributed by atoms with Crippen LogP contribution in [-0.4, -0.2) is 40.8 Å². The van der Waals surface area contributed by atoms with E-state index in [0.29, 0.717) is 16.7 Å². The molecule has 1 aliphatic carbocycles. The SMILES string of the molecule is CN(C)C(=O)[C@H]1C(=O)[C@]2(O)c3ncc(Cl)cc3O[C@@]2(c2ccc(C#N)cc2)[C@@H]1c1ccccc1. The van der Waals surface area contributed by atoms with Gasteiger partial charge in [-0.2, -0.15) is 5.26 Å². The lowest BCUT2D eigenvalue weighted by molar-refractivity contribution is -0.153. The number of hydrogen-bond donors (Lipinski definition) is 1. The first-order chi connectivity index (χ1) is 16.3. The fraction of sp³-hybridized carbons (Fsp3) is 0.231. The Labute approximate surface area is 201 Å². The largest absolute Gasteiger partial charge is 0.476 e. The number of aromatic nitrogens is 1. The van der Waals surface area contributed by atoms with Crippen LogP contribution in [0.15, 0.2) is 66.9 Å². The third-order valence-corrected chi connectivity index (χ3v) is 6.90. The molecule has 2 aliphatic rings. The van der Waals surface area contributed by atoms with Gasteiger partial charge >= 0.3 is 0 Å². The number of fused-ring (bicyclic) bond motifs is 3. The lowest BCUT2D eigenvalue weighted by Gasteiger charge is -2.39. The van der Waals surface area contributed by atoms with Crippen molar-refractivity contribution in [2.75, 3.05) is 14.1 Å². The molecule has 1 N–H and O–H groups in total. The smallest absolute Gasteiger partial charge is 0.233 e. The number of carbonyl (C=O) groups is 2. The van der Waals surface area contributed by atoms with E-state index in [1.54, 1.807) is 62.6 Å². The van der Waals surface area contributed by atoms with Crippen LogP contribution >= 0.6 is 11.6 Å². The minimum absolute atomic E-state index is 0.0150. The zero-order valence-electron chi connectivity index (χ0n) is 18.4. The van der Waals surface area contributed by atoms with Crippen LogP contribution in [0.2, 0.25) is 5.02 Å². The van der Waals surface area contributed by atoms with Crippen molar-refractivity contribution >= 4 is 23.3 Å². The van der Waals surface area contributed by atoms with Crippen molar-refractivity contribution in [1.29, 1.82) is 5.26 Å². The highest BCUT2D eigenvalue weighted by molar-refractivity contribution is 6.30. The van der Waals surface area contributed by atoms with Crippen LogP contribution in [0, 0.1) is 17.2 Å². The van der Waals surface area contributed by atoms with Crippen molar-refractivity contribution < 1.29 is 19.4 Å². The van der Waals surface area contributed by atoms with Gasteiger partial charge in [0.2, 0.25) is 11.5 Å². The first-order valence-electron chi connectivity index (χ1n) is 10.6. The van der Waals surface area contributed by atoms with Gasteiger partial charge in [-0.05, 0) is 23.3 Å². The number of halogens is 1. The Kier molecular flexibility index (Phi) is 4.97. The normalized spacial score (nSPS) is 26.9. The predicted octanol–water partition coefficient (Wildman–Crippen LogP) is 3.15. The number of rotatable bonds is 3. The van der Waals surface area contributed by atoms with Gasteiger partial charge < -0.3 is 14.7 Å². The van der Waals surface area contributed by atoms with E-state index in [1.165, 1.54) is 17.2 Å². The fourth-order valence-electron chi connectivity index (χ4n) is 5.25. The number of nitriles is 1. The number of carbonyl (C=O) groups excluding carboxylic acids is 2. The third-order valence-electron chi connectivity index (χ3n) is 6.69. The molecule has 3 aromatic rings. The van der Waals surface area contributed by atoms with Crippen molar-refractivity contribution in [2.45, 2.75) is 17.1 Å². The van der Waals surface area contributed by atoms with Gasteiger partial charge in [0.1, 0.15) is 17.4 Å². The molecule has 0 bridgehead atoms. The maximum atomic E-state index is 14.1. The molecule has 1 fully saturated rings. The molecule has 1 saturated carbocycles. The van der Waals surface area contributed by atoms with E-state index in [4.69, 9.17) is 16.3 Å². The second-order valence-corrected chi connectivity index (χ2v) is 9.14. The second-order valence-electron chi connectivity index (χ2n) is 8.70. The molecule has 4 atom stereocenters. The standard InChI is InChI=1S/C26H20ClN3O4/c1-30(2)24(32)20-21(16-6-4-3-5-7-16)26(17-10-8-15(13-28)9-11-17)25(33,23(20)31)22-19(34-26)12-18(27)14-29-22/h3-12,14,20-21,33H,1-2H3/t20-,21-,25-,26+/m1/s1. The highest BCUT2D eigenvalue weighted by Crippen LogP contribution is 2.66. The van der Waals surface area contributed by atoms with Gasteiger partial charge in [0.05, 0.1) is 22.6 Å². The molecule has 1 amide bonds. The predicted molar refractivity (Wildman–Crippen MR) is 123 cm³/mol. The van der Waals surface area contributed by atoms with E-state index >= 15 is 0 Å². The Morgan fingerprint density at radius 1 is 1.18 bits per heavy atom. The maximum absolute atomic E-state index is 14.1. The fourth-order valence-corrected chi connectivity index (χ4v) is 5.40. The van der Waals surface area contributed by atoms with Gasteiger partial charge in [0.25, 0.3) is 0 Å². The number of pyridine rings is 1. The van der Waals surface area contributed by atoms with Crippen LogP contribution in [0.5, 0.6) is 5.75 Å². The summed E-state index contributed by atoms with van der Waals surface area (Å²) >= 11 is 6.16. The van der Waals surface area contributed by atoms with E-state index < -0.39 is 34.7 Å². The lowest BCUT2D eigenvalue weighted by Crippen LogP contribution is -2.51. The average molecular weight is 474 g/mol. The summed E-state index contributed by atoms with van der Waals surface area (Å²) in [5.74, 6) is -3.10. The first-order valence-corrected chi connectivity index (χ1v) is 11.0. The highest BCUT2D eigenvalue weighted by Gasteiger charge is 2.78. The Bertz CT molecular complexity index is 1350. The molecule has 0 unspecified atom stereocenters. The van der Waals surface area contributed by atoms with Crippen LogP contribution in [0.3, 0.4) is 0 Å². The van der Waals surface area contributed by atoms with Crippen molar-refractivity contribution in [1.82, 2.24) is 9.88 Å². The second kappa shape index (κ2) is 7.66. The summed E-state index contributed by atoms with van der Waals surface area (Å²) in [5, 5.41) is 21.9. The molecule has 1 aromatic heterocycles. The number of Topliss-reactive ketones (excluding diaryl/α,β-unsaturated/α-hetero) is 1. The van der Waals surface area contributed by atoms with Crippen LogP contribution in [0.4, 0.5) is 0 Å². The number of ether oxygens (including phenoxy) is 1. The summed E-state index contributed by atoms with van der Waals surface area (Å²) in [4.78, 5) is 33.1. The Morgan fingerprint density at radius 3 is 2.47 bits per heavy atom. The monoisotopic (exact) mass is 473 g/mol. The third kappa shape index (κ3) is 2.76. The number of hydrogen-bond acceptors (Lipinski definition) is 6. The molecule has 0 radical (unpaired) electrons. The number of amides is 1. The highest BCUT2D eigenvalue weighted by atomic mass is 35.5. The van der Waals surface area contributed by atoms with Gasteiger partial charge in [0.15, 0.2) is 11.4 Å². The van der Waals surface area contributed by atoms with E-state index in [-0.39, 0.29) is 16.5 Å². The van der Waals surface area contributed by atoms with Gasteiger partial charge in [-0.25, -0.2) is 0 Å². The van der Waals surface area contributed by atoms with Crippen molar-refractivity contribution in [3.63, 3.8) is 0 Å². The van der Waals surface area contributed by atoms with Gasteiger partial charge in [-0.15, -0.1) is 0 Å². The molecule has 170 valence electrons. The van der Waals surface area contributed by atoms with Gasteiger partial charge in [-0.1, -0.05) is 54.1 Å². The summed E-state index contributed by atoms with van der Waals surface area (Å²) in [7, 11) is 3.13. The number of ketones is 1. The van der Waals surface area contributed by atoms with E-state index in [1.807, 2.05) is 6.07 Å². The van der Waals surface area contributed by atoms with Gasteiger partial charge in [-0.3, -0.25) is 14.6 Å². The first kappa shape index (κ1) is 22.1. The number of aliphatic hydroxyl groups is 1. The van der Waals surface area contributed by atoms with E-state index in [9.17, 15) is 20.0 Å². The summed E-state index contributed by atoms with van der Waals surface area (Å²) in [6.07, 6.45) is 1.34. The summed E-state index contributed by atoms with van der Waals surface area (Å²) in [5.41, 5.74) is -2.47. The van der Waals surface area contributed by atoms with Crippen LogP contribution < -0.4 is 4.74 Å². The van der Waals surface area contributed by atoms with Crippen molar-refractivity contribution in [3.05, 3.63) is 94.3 Å². The summed E-state index contributed by atoms with van der Waals surface area (Å²) in [6.45, 7) is 0. The Balaban J connectivity index is 1.87. The molecule has 7 nitrogen and oxygen atoms in total. The van der Waals surface area contributed by atoms with E-state index in [2.05, 4.69) is 11.1 Å². The maximum Gasteiger partial charge on any atom is 0.233 e.